The Labute approximate surface area is 137 Å². The number of sulfonamides is 1. The number of carbonyl (C=O) groups is 1. The average Bonchev–Trinajstić information content (AvgIpc) is 3.08. The lowest BCUT2D eigenvalue weighted by Crippen LogP contribution is -2.50. The van der Waals surface area contributed by atoms with Crippen molar-refractivity contribution in [3.63, 3.8) is 0 Å². The highest BCUT2D eigenvalue weighted by molar-refractivity contribution is 7.88. The molecule has 126 valence electrons. The molecule has 0 bridgehead atoms. The van der Waals surface area contributed by atoms with Crippen LogP contribution in [0.2, 0.25) is 0 Å². The highest BCUT2D eigenvalue weighted by atomic mass is 32.2. The Bertz CT molecular complexity index is 658. The number of rotatable bonds is 3. The van der Waals surface area contributed by atoms with Gasteiger partial charge in [-0.3, -0.25) is 4.79 Å². The fourth-order valence-corrected chi connectivity index (χ4v) is 4.02. The zero-order valence-electron chi connectivity index (χ0n) is 13.4. The molecule has 0 N–H and O–H groups in total. The van der Waals surface area contributed by atoms with Gasteiger partial charge >= 0.3 is 0 Å². The van der Waals surface area contributed by atoms with Crippen LogP contribution < -0.4 is 4.90 Å². The van der Waals surface area contributed by atoms with Gasteiger partial charge in [0.1, 0.15) is 0 Å². The lowest BCUT2D eigenvalue weighted by Gasteiger charge is -2.33. The van der Waals surface area contributed by atoms with Crippen LogP contribution in [-0.2, 0) is 10.0 Å². The van der Waals surface area contributed by atoms with Crippen LogP contribution in [0.1, 0.15) is 23.2 Å². The van der Waals surface area contributed by atoms with Gasteiger partial charge in [0.05, 0.1) is 6.26 Å². The molecule has 2 saturated heterocycles. The summed E-state index contributed by atoms with van der Waals surface area (Å²) in [6.45, 7) is 3.80. The Hall–Kier alpha value is -1.60. The van der Waals surface area contributed by atoms with E-state index in [1.165, 1.54) is 29.1 Å². The molecule has 1 aromatic rings. The summed E-state index contributed by atoms with van der Waals surface area (Å²) in [5.41, 5.74) is 1.83. The number of nitrogens with zero attached hydrogens (tertiary/aromatic N) is 3. The maximum absolute atomic E-state index is 12.5. The van der Waals surface area contributed by atoms with Crippen LogP contribution in [0.25, 0.3) is 0 Å². The quantitative estimate of drug-likeness (QED) is 0.826. The molecule has 0 aromatic heterocycles. The van der Waals surface area contributed by atoms with Crippen molar-refractivity contribution < 1.29 is 13.2 Å². The van der Waals surface area contributed by atoms with Crippen LogP contribution in [0.15, 0.2) is 24.3 Å². The van der Waals surface area contributed by atoms with Gasteiger partial charge in [-0.25, -0.2) is 8.42 Å². The van der Waals surface area contributed by atoms with Crippen LogP contribution >= 0.6 is 0 Å². The summed E-state index contributed by atoms with van der Waals surface area (Å²) in [4.78, 5) is 16.6. The maximum atomic E-state index is 12.5. The second-order valence-corrected chi connectivity index (χ2v) is 8.18. The first kappa shape index (κ1) is 16.3. The molecule has 1 amide bonds. The van der Waals surface area contributed by atoms with E-state index in [2.05, 4.69) is 4.90 Å². The molecule has 2 aliphatic heterocycles. The molecule has 0 aliphatic carbocycles. The maximum Gasteiger partial charge on any atom is 0.253 e. The van der Waals surface area contributed by atoms with Gasteiger partial charge in [0.25, 0.3) is 5.91 Å². The number of piperazine rings is 1. The normalized spacial score (nSPS) is 20.0. The smallest absolute Gasteiger partial charge is 0.253 e. The molecule has 2 aliphatic rings. The summed E-state index contributed by atoms with van der Waals surface area (Å²) in [5, 5.41) is 0. The highest BCUT2D eigenvalue weighted by Gasteiger charge is 2.26. The third-order valence-electron chi connectivity index (χ3n) is 4.58. The Morgan fingerprint density at radius 3 is 2.00 bits per heavy atom. The lowest BCUT2D eigenvalue weighted by atomic mass is 10.1. The molecule has 7 heteroatoms. The number of amides is 1. The minimum Gasteiger partial charge on any atom is -0.372 e. The molecule has 2 heterocycles. The second kappa shape index (κ2) is 6.49. The summed E-state index contributed by atoms with van der Waals surface area (Å²) < 4.78 is 24.5. The molecule has 0 spiro atoms. The van der Waals surface area contributed by atoms with Crippen LogP contribution in [0.3, 0.4) is 0 Å². The van der Waals surface area contributed by atoms with Crippen LogP contribution in [0, 0.1) is 0 Å². The molecular formula is C16H23N3O3S. The Morgan fingerprint density at radius 1 is 0.913 bits per heavy atom. The third-order valence-corrected chi connectivity index (χ3v) is 5.88. The molecule has 0 atom stereocenters. The van der Waals surface area contributed by atoms with E-state index >= 15 is 0 Å². The van der Waals surface area contributed by atoms with Gasteiger partial charge in [0.15, 0.2) is 0 Å². The first-order valence-electron chi connectivity index (χ1n) is 8.04. The SMILES string of the molecule is CS(=O)(=O)N1CCN(C(=O)c2ccc(N3CCCC3)cc2)CC1. The predicted molar refractivity (Wildman–Crippen MR) is 90.2 cm³/mol. The van der Waals surface area contributed by atoms with E-state index < -0.39 is 10.0 Å². The molecule has 3 rings (SSSR count). The number of benzene rings is 1. The summed E-state index contributed by atoms with van der Waals surface area (Å²) in [6, 6.07) is 7.76. The minimum atomic E-state index is -3.16. The zero-order chi connectivity index (χ0) is 16.4. The number of carbonyl (C=O) groups excluding carboxylic acids is 1. The average molecular weight is 337 g/mol. The summed E-state index contributed by atoms with van der Waals surface area (Å²) in [6.07, 6.45) is 3.66. The van der Waals surface area contributed by atoms with Gasteiger partial charge in [0.2, 0.25) is 10.0 Å². The van der Waals surface area contributed by atoms with Crippen molar-refractivity contribution in [3.8, 4) is 0 Å². The Kier molecular flexibility index (Phi) is 4.59. The summed E-state index contributed by atoms with van der Waals surface area (Å²) in [5.74, 6) is -0.0221. The molecule has 0 radical (unpaired) electrons. The molecule has 0 unspecified atom stereocenters. The van der Waals surface area contributed by atoms with Crippen molar-refractivity contribution in [2.45, 2.75) is 12.8 Å². The van der Waals surface area contributed by atoms with Gasteiger partial charge in [-0.05, 0) is 37.1 Å². The summed E-state index contributed by atoms with van der Waals surface area (Å²) >= 11 is 0. The zero-order valence-corrected chi connectivity index (χ0v) is 14.3. The van der Waals surface area contributed by atoms with E-state index in [-0.39, 0.29) is 5.91 Å². The van der Waals surface area contributed by atoms with Gasteiger partial charge in [0, 0.05) is 50.5 Å². The molecule has 0 saturated carbocycles. The topological polar surface area (TPSA) is 60.9 Å². The summed E-state index contributed by atoms with van der Waals surface area (Å²) in [7, 11) is -3.16. The monoisotopic (exact) mass is 337 g/mol. The van der Waals surface area contributed by atoms with E-state index in [9.17, 15) is 13.2 Å². The molecular weight excluding hydrogens is 314 g/mol. The van der Waals surface area contributed by atoms with E-state index in [0.29, 0.717) is 31.7 Å². The van der Waals surface area contributed by atoms with Gasteiger partial charge in [-0.1, -0.05) is 0 Å². The number of hydrogen-bond acceptors (Lipinski definition) is 4. The van der Waals surface area contributed by atoms with Crippen molar-refractivity contribution in [3.05, 3.63) is 29.8 Å². The predicted octanol–water partition coefficient (Wildman–Crippen LogP) is 1.00. The largest absolute Gasteiger partial charge is 0.372 e. The first-order chi connectivity index (χ1) is 10.9. The van der Waals surface area contributed by atoms with E-state index in [4.69, 9.17) is 0 Å². The Morgan fingerprint density at radius 2 is 1.48 bits per heavy atom. The van der Waals surface area contributed by atoms with Crippen molar-refractivity contribution in [2.75, 3.05) is 50.4 Å². The van der Waals surface area contributed by atoms with Crippen molar-refractivity contribution in [2.24, 2.45) is 0 Å². The number of hydrogen-bond donors (Lipinski definition) is 0. The fraction of sp³-hybridized carbons (Fsp3) is 0.562. The molecule has 6 nitrogen and oxygen atoms in total. The number of anilines is 1. The molecule has 1 aromatic carbocycles. The highest BCUT2D eigenvalue weighted by Crippen LogP contribution is 2.21. The third kappa shape index (κ3) is 3.67. The van der Waals surface area contributed by atoms with Crippen molar-refractivity contribution >= 4 is 21.6 Å². The van der Waals surface area contributed by atoms with Crippen molar-refractivity contribution in [1.29, 1.82) is 0 Å². The van der Waals surface area contributed by atoms with E-state index in [1.54, 1.807) is 4.90 Å². The fourth-order valence-electron chi connectivity index (χ4n) is 3.20. The van der Waals surface area contributed by atoms with E-state index in [0.717, 1.165) is 13.1 Å². The minimum absolute atomic E-state index is 0.0221. The van der Waals surface area contributed by atoms with Gasteiger partial charge in [-0.2, -0.15) is 4.31 Å². The standard InChI is InChI=1S/C16H23N3O3S/c1-23(21,22)19-12-10-18(11-13-19)16(20)14-4-6-15(7-5-14)17-8-2-3-9-17/h4-7H,2-3,8-13H2,1H3. The molecule has 23 heavy (non-hydrogen) atoms. The van der Waals surface area contributed by atoms with E-state index in [1.807, 2.05) is 24.3 Å². The Balaban J connectivity index is 1.62. The van der Waals surface area contributed by atoms with Gasteiger partial charge < -0.3 is 9.80 Å². The van der Waals surface area contributed by atoms with Crippen LogP contribution in [0.4, 0.5) is 5.69 Å². The second-order valence-electron chi connectivity index (χ2n) is 6.20. The van der Waals surface area contributed by atoms with Crippen LogP contribution in [0.5, 0.6) is 0 Å². The van der Waals surface area contributed by atoms with Gasteiger partial charge in [-0.15, -0.1) is 0 Å². The lowest BCUT2D eigenvalue weighted by molar-refractivity contribution is 0.0698. The van der Waals surface area contributed by atoms with Crippen molar-refractivity contribution in [1.82, 2.24) is 9.21 Å². The molecule has 2 fully saturated rings. The first-order valence-corrected chi connectivity index (χ1v) is 9.89. The van der Waals surface area contributed by atoms with Crippen LogP contribution in [-0.4, -0.2) is 69.1 Å².